The predicted molar refractivity (Wildman–Crippen MR) is 129 cm³/mol. The van der Waals surface area contributed by atoms with Crippen LogP contribution in [0.4, 0.5) is 0 Å². The summed E-state index contributed by atoms with van der Waals surface area (Å²) in [6.07, 6.45) is 0. The van der Waals surface area contributed by atoms with E-state index in [1.165, 1.54) is 19.8 Å². The van der Waals surface area contributed by atoms with E-state index in [2.05, 4.69) is 66.9 Å². The molecule has 0 atom stereocenters. The number of hydrogen-bond donors (Lipinski definition) is 0. The number of carbonyl (C=O) groups is 1. The highest BCUT2D eigenvalue weighted by molar-refractivity contribution is 8.03. The fraction of sp³-hybridized carbons (Fsp3) is 0.200. The first-order valence-corrected chi connectivity index (χ1v) is 12.6. The molecule has 0 aliphatic carbocycles. The molecular formula is C25H24NOS2Si+. The van der Waals surface area contributed by atoms with Gasteiger partial charge < -0.3 is 0 Å². The van der Waals surface area contributed by atoms with Crippen LogP contribution in [0.5, 0.6) is 0 Å². The number of ketones is 1. The van der Waals surface area contributed by atoms with Gasteiger partial charge in [0.25, 0.3) is 4.34 Å². The third-order valence-electron chi connectivity index (χ3n) is 4.81. The first-order chi connectivity index (χ1) is 14.4. The van der Waals surface area contributed by atoms with Crippen molar-refractivity contribution in [3.63, 3.8) is 0 Å². The number of benzene rings is 3. The number of rotatable bonds is 7. The van der Waals surface area contributed by atoms with Crippen molar-refractivity contribution >= 4 is 53.8 Å². The molecule has 1 heterocycles. The van der Waals surface area contributed by atoms with Gasteiger partial charge in [0.05, 0.1) is 0 Å². The van der Waals surface area contributed by atoms with E-state index in [-0.39, 0.29) is 10.2 Å². The monoisotopic (exact) mass is 446 g/mol. The first kappa shape index (κ1) is 21.0. The zero-order valence-corrected chi connectivity index (χ0v) is 20.0. The molecule has 0 N–H and O–H groups in total. The Bertz CT molecular complexity index is 1170. The minimum atomic E-state index is 0.0386. The molecular weight excluding hydrogens is 423 g/mol. The molecule has 30 heavy (non-hydrogen) atoms. The molecule has 2 nitrogen and oxygen atoms in total. The molecule has 0 spiro atoms. The topological polar surface area (TPSA) is 20.9 Å². The van der Waals surface area contributed by atoms with Crippen molar-refractivity contribution in [2.24, 2.45) is 0 Å². The van der Waals surface area contributed by atoms with E-state index in [0.717, 1.165) is 11.1 Å². The number of para-hydroxylation sites is 1. The third-order valence-corrected chi connectivity index (χ3v) is 9.01. The van der Waals surface area contributed by atoms with Gasteiger partial charge in [-0.1, -0.05) is 103 Å². The summed E-state index contributed by atoms with van der Waals surface area (Å²) in [6, 6.07) is 26.9. The average Bonchev–Trinajstić information content (AvgIpc) is 3.05. The number of Topliss-reactive ketones (excluding diaryl/α,β-unsaturated/α-hetero) is 1. The van der Waals surface area contributed by atoms with Gasteiger partial charge in [0, 0.05) is 16.0 Å². The van der Waals surface area contributed by atoms with E-state index in [9.17, 15) is 4.79 Å². The van der Waals surface area contributed by atoms with E-state index in [1.54, 1.807) is 11.3 Å². The maximum Gasteiger partial charge on any atom is 0.299 e. The van der Waals surface area contributed by atoms with Crippen LogP contribution in [0.2, 0.25) is 0 Å². The second-order valence-electron chi connectivity index (χ2n) is 7.81. The molecule has 0 unspecified atom stereocenters. The number of nitrogens with zero attached hydrogens (tertiary/aromatic N) is 1. The number of carbonyl (C=O) groups excluding carboxylic acids is 1. The van der Waals surface area contributed by atoms with Gasteiger partial charge in [-0.05, 0) is 24.8 Å². The van der Waals surface area contributed by atoms with Crippen LogP contribution in [0, 0.1) is 6.92 Å². The van der Waals surface area contributed by atoms with E-state index in [1.807, 2.05) is 49.0 Å². The lowest BCUT2D eigenvalue weighted by molar-refractivity contribution is -0.688. The Morgan fingerprint density at radius 1 is 0.967 bits per heavy atom. The fourth-order valence-electron chi connectivity index (χ4n) is 3.33. The standard InChI is InChI=1S/C25H24NOS2Si/c1-18-13-15-19(16-14-18)22(27)17-26-21-11-7-8-12-23(21)28-24(26)29-25(2,3)30-20-9-5-4-6-10-20/h4-16H,17H2,1-3H3/q+1. The molecule has 0 bridgehead atoms. The molecule has 0 saturated carbocycles. The van der Waals surface area contributed by atoms with Gasteiger partial charge in [-0.2, -0.15) is 4.57 Å². The largest absolute Gasteiger partial charge is 0.299 e. The summed E-state index contributed by atoms with van der Waals surface area (Å²) < 4.78 is 4.64. The molecule has 0 aliphatic heterocycles. The van der Waals surface area contributed by atoms with Gasteiger partial charge in [0.2, 0.25) is 17.8 Å². The number of thiazole rings is 1. The Morgan fingerprint density at radius 3 is 2.37 bits per heavy atom. The Hall–Kier alpha value is -2.21. The summed E-state index contributed by atoms with van der Waals surface area (Å²) in [5, 5.41) is 1.36. The van der Waals surface area contributed by atoms with Crippen LogP contribution >= 0.6 is 23.1 Å². The summed E-state index contributed by atoms with van der Waals surface area (Å²) in [6.45, 7) is 6.99. The molecule has 0 fully saturated rings. The summed E-state index contributed by atoms with van der Waals surface area (Å²) in [4.78, 5) is 13.1. The van der Waals surface area contributed by atoms with Crippen LogP contribution < -0.4 is 9.75 Å². The van der Waals surface area contributed by atoms with Crippen molar-refractivity contribution < 1.29 is 9.36 Å². The minimum absolute atomic E-state index is 0.0386. The second-order valence-corrected chi connectivity index (χ2v) is 13.2. The van der Waals surface area contributed by atoms with Crippen LogP contribution in [0.3, 0.4) is 0 Å². The molecule has 4 rings (SSSR count). The predicted octanol–water partition coefficient (Wildman–Crippen LogP) is 5.24. The molecule has 150 valence electrons. The highest BCUT2D eigenvalue weighted by Crippen LogP contribution is 2.35. The van der Waals surface area contributed by atoms with E-state index < -0.39 is 0 Å². The molecule has 2 radical (unpaired) electrons. The van der Waals surface area contributed by atoms with Crippen molar-refractivity contribution in [1.29, 1.82) is 0 Å². The Morgan fingerprint density at radius 2 is 1.63 bits per heavy atom. The highest BCUT2D eigenvalue weighted by Gasteiger charge is 2.31. The normalized spacial score (nSPS) is 11.7. The van der Waals surface area contributed by atoms with Gasteiger partial charge in [0.1, 0.15) is 14.2 Å². The lowest BCUT2D eigenvalue weighted by Crippen LogP contribution is -2.41. The SMILES string of the molecule is Cc1ccc(C(=O)C[n+]2c(SC(C)(C)[Si]c3ccccc3)sc3ccccc32)cc1. The summed E-state index contributed by atoms with van der Waals surface area (Å²) in [5.74, 6) is 0.147. The van der Waals surface area contributed by atoms with Crippen LogP contribution in [-0.2, 0) is 6.54 Å². The Balaban J connectivity index is 1.64. The zero-order chi connectivity index (χ0) is 21.1. The quantitative estimate of drug-likeness (QED) is 0.168. The van der Waals surface area contributed by atoms with Crippen LogP contribution in [0.15, 0.2) is 83.2 Å². The van der Waals surface area contributed by atoms with E-state index in [0.29, 0.717) is 16.1 Å². The van der Waals surface area contributed by atoms with Crippen molar-refractivity contribution in [3.8, 4) is 0 Å². The summed E-state index contributed by atoms with van der Waals surface area (Å²) in [5.41, 5.74) is 3.06. The zero-order valence-electron chi connectivity index (χ0n) is 17.4. The molecule has 0 amide bonds. The summed E-state index contributed by atoms with van der Waals surface area (Å²) in [7, 11) is 0.679. The Labute approximate surface area is 188 Å². The number of aryl methyl sites for hydroxylation is 1. The molecule has 3 aromatic carbocycles. The molecule has 5 heteroatoms. The minimum Gasteiger partial charge on any atom is -0.287 e. The van der Waals surface area contributed by atoms with Gasteiger partial charge in [-0.3, -0.25) is 4.79 Å². The number of aromatic nitrogens is 1. The lowest BCUT2D eigenvalue weighted by Gasteiger charge is -2.20. The first-order valence-electron chi connectivity index (χ1n) is 9.95. The summed E-state index contributed by atoms with van der Waals surface area (Å²) >= 11 is 3.65. The van der Waals surface area contributed by atoms with Gasteiger partial charge in [0.15, 0.2) is 0 Å². The molecule has 4 aromatic rings. The maximum atomic E-state index is 13.1. The fourth-order valence-corrected chi connectivity index (χ4v) is 8.11. The molecule has 0 aliphatic rings. The van der Waals surface area contributed by atoms with Crippen LogP contribution in [0.1, 0.15) is 29.8 Å². The number of thioether (sulfide) groups is 1. The van der Waals surface area contributed by atoms with Gasteiger partial charge in [-0.25, -0.2) is 0 Å². The Kier molecular flexibility index (Phi) is 6.23. The highest BCUT2D eigenvalue weighted by atomic mass is 32.2. The van der Waals surface area contributed by atoms with Crippen molar-refractivity contribution in [2.75, 3.05) is 0 Å². The smallest absolute Gasteiger partial charge is 0.287 e. The van der Waals surface area contributed by atoms with Crippen LogP contribution in [-0.4, -0.2) is 19.7 Å². The van der Waals surface area contributed by atoms with Crippen molar-refractivity contribution in [2.45, 2.75) is 36.0 Å². The van der Waals surface area contributed by atoms with Crippen molar-refractivity contribution in [1.82, 2.24) is 0 Å². The van der Waals surface area contributed by atoms with Gasteiger partial charge >= 0.3 is 0 Å². The lowest BCUT2D eigenvalue weighted by atomic mass is 10.1. The second kappa shape index (κ2) is 8.88. The number of fused-ring (bicyclic) bond motifs is 1. The average molecular weight is 447 g/mol. The van der Waals surface area contributed by atoms with Gasteiger partial charge in [-0.15, -0.1) is 0 Å². The van der Waals surface area contributed by atoms with Crippen LogP contribution in [0.25, 0.3) is 10.2 Å². The number of hydrogen-bond acceptors (Lipinski definition) is 3. The maximum absolute atomic E-state index is 13.1. The molecule has 1 aromatic heterocycles. The van der Waals surface area contributed by atoms with E-state index >= 15 is 0 Å². The van der Waals surface area contributed by atoms with Crippen molar-refractivity contribution in [3.05, 3.63) is 90.0 Å². The van der Waals surface area contributed by atoms with E-state index in [4.69, 9.17) is 0 Å². The third kappa shape index (κ3) is 4.91. The molecule has 0 saturated heterocycles.